The van der Waals surface area contributed by atoms with E-state index in [9.17, 15) is 13.6 Å². The first-order valence-corrected chi connectivity index (χ1v) is 4.17. The molecule has 0 radical (unpaired) electrons. The molecule has 1 atom stereocenters. The van der Waals surface area contributed by atoms with Crippen molar-refractivity contribution in [2.24, 2.45) is 0 Å². The van der Waals surface area contributed by atoms with E-state index in [0.717, 1.165) is 0 Å². The lowest BCUT2D eigenvalue weighted by atomic mass is 9.96. The molecule has 1 rings (SSSR count). The first-order chi connectivity index (χ1) is 6.61. The van der Waals surface area contributed by atoms with E-state index in [-0.39, 0.29) is 0 Å². The second-order valence-electron chi connectivity index (χ2n) is 2.93. The third-order valence-corrected chi connectivity index (χ3v) is 1.91. The Hall–Kier alpha value is -1.45. The maximum atomic E-state index is 12.1. The van der Waals surface area contributed by atoms with Crippen LogP contribution in [0.1, 0.15) is 17.9 Å². The Balaban J connectivity index is 2.84. The summed E-state index contributed by atoms with van der Waals surface area (Å²) in [5.74, 6) is -2.33. The molecule has 1 N–H and O–H groups in total. The molecule has 2 nitrogen and oxygen atoms in total. The number of hydrogen-bond donors (Lipinski definition) is 1. The van der Waals surface area contributed by atoms with Crippen LogP contribution in [0, 0.1) is 0 Å². The fraction of sp³-hybridized carbons (Fsp3) is 0.300. The van der Waals surface area contributed by atoms with Gasteiger partial charge in [0.05, 0.1) is 5.92 Å². The number of rotatable bonds is 4. The standard InChI is InChI=1S/C10H10F2O2/c11-9(12)6-8(10(13)14)7-4-2-1-3-5-7/h1-5,8-9H,6H2,(H,13,14)/t8-/m0/s1. The SMILES string of the molecule is O=C(O)[C@@H](CC(F)F)c1ccccc1. The molecule has 0 aliphatic heterocycles. The highest BCUT2D eigenvalue weighted by Gasteiger charge is 2.23. The highest BCUT2D eigenvalue weighted by molar-refractivity contribution is 5.76. The molecule has 0 unspecified atom stereocenters. The summed E-state index contributed by atoms with van der Waals surface area (Å²) in [6, 6.07) is 8.07. The van der Waals surface area contributed by atoms with E-state index >= 15 is 0 Å². The number of carbonyl (C=O) groups is 1. The lowest BCUT2D eigenvalue weighted by molar-refractivity contribution is -0.139. The number of aliphatic carboxylic acids is 1. The van der Waals surface area contributed by atoms with E-state index in [1.54, 1.807) is 30.3 Å². The Kier molecular flexibility index (Phi) is 3.56. The number of halogens is 2. The molecule has 0 amide bonds. The van der Waals surface area contributed by atoms with Gasteiger partial charge in [0.1, 0.15) is 0 Å². The molecule has 1 aromatic rings. The van der Waals surface area contributed by atoms with Gasteiger partial charge in [0.2, 0.25) is 6.43 Å². The topological polar surface area (TPSA) is 37.3 Å². The summed E-state index contributed by atoms with van der Waals surface area (Å²) in [5.41, 5.74) is 0.417. The minimum atomic E-state index is -2.60. The van der Waals surface area contributed by atoms with Gasteiger partial charge in [-0.15, -0.1) is 0 Å². The number of carboxylic acids is 1. The second-order valence-corrected chi connectivity index (χ2v) is 2.93. The molecule has 0 heterocycles. The number of alkyl halides is 2. The highest BCUT2D eigenvalue weighted by atomic mass is 19.3. The van der Waals surface area contributed by atoms with Crippen molar-refractivity contribution in [3.63, 3.8) is 0 Å². The van der Waals surface area contributed by atoms with Crippen LogP contribution in [0.5, 0.6) is 0 Å². The highest BCUT2D eigenvalue weighted by Crippen LogP contribution is 2.23. The summed E-state index contributed by atoms with van der Waals surface area (Å²) < 4.78 is 24.1. The van der Waals surface area contributed by atoms with Gasteiger partial charge >= 0.3 is 5.97 Å². The van der Waals surface area contributed by atoms with Crippen LogP contribution in [0.4, 0.5) is 8.78 Å². The van der Waals surface area contributed by atoms with Gasteiger partial charge in [-0.1, -0.05) is 30.3 Å². The van der Waals surface area contributed by atoms with Gasteiger partial charge in [-0.25, -0.2) is 8.78 Å². The van der Waals surface area contributed by atoms with Crippen LogP contribution in [0.2, 0.25) is 0 Å². The van der Waals surface area contributed by atoms with Crippen LogP contribution in [0.25, 0.3) is 0 Å². The minimum Gasteiger partial charge on any atom is -0.481 e. The average molecular weight is 200 g/mol. The Morgan fingerprint density at radius 3 is 2.29 bits per heavy atom. The smallest absolute Gasteiger partial charge is 0.311 e. The normalized spacial score (nSPS) is 12.8. The fourth-order valence-corrected chi connectivity index (χ4v) is 1.24. The lowest BCUT2D eigenvalue weighted by Crippen LogP contribution is -2.14. The molecule has 0 aliphatic rings. The van der Waals surface area contributed by atoms with Crippen molar-refractivity contribution in [2.75, 3.05) is 0 Å². The Morgan fingerprint density at radius 2 is 1.86 bits per heavy atom. The zero-order valence-electron chi connectivity index (χ0n) is 7.36. The van der Waals surface area contributed by atoms with Crippen LogP contribution in [-0.4, -0.2) is 17.5 Å². The monoisotopic (exact) mass is 200 g/mol. The third kappa shape index (κ3) is 2.80. The molecule has 1 aromatic carbocycles. The third-order valence-electron chi connectivity index (χ3n) is 1.91. The van der Waals surface area contributed by atoms with Gasteiger partial charge in [0.15, 0.2) is 0 Å². The fourth-order valence-electron chi connectivity index (χ4n) is 1.24. The zero-order chi connectivity index (χ0) is 10.6. The first kappa shape index (κ1) is 10.6. The van der Waals surface area contributed by atoms with Crippen LogP contribution in [0.3, 0.4) is 0 Å². The lowest BCUT2D eigenvalue weighted by Gasteiger charge is -2.11. The quantitative estimate of drug-likeness (QED) is 0.810. The van der Waals surface area contributed by atoms with Gasteiger partial charge in [-0.2, -0.15) is 0 Å². The molecule has 14 heavy (non-hydrogen) atoms. The predicted octanol–water partition coefficient (Wildman–Crippen LogP) is 2.51. The molecule has 0 fully saturated rings. The van der Waals surface area contributed by atoms with Crippen LogP contribution in [-0.2, 0) is 4.79 Å². The largest absolute Gasteiger partial charge is 0.481 e. The number of carboxylic acid groups (broad SMARTS) is 1. The van der Waals surface area contributed by atoms with Gasteiger partial charge in [0.25, 0.3) is 0 Å². The Morgan fingerprint density at radius 1 is 1.29 bits per heavy atom. The summed E-state index contributed by atoms with van der Waals surface area (Å²) in [6.45, 7) is 0. The van der Waals surface area contributed by atoms with Gasteiger partial charge in [-0.3, -0.25) is 4.79 Å². The number of benzene rings is 1. The number of hydrogen-bond acceptors (Lipinski definition) is 1. The van der Waals surface area contributed by atoms with Crippen molar-refractivity contribution in [3.8, 4) is 0 Å². The molecule has 0 spiro atoms. The van der Waals surface area contributed by atoms with Crippen LogP contribution < -0.4 is 0 Å². The van der Waals surface area contributed by atoms with E-state index in [1.165, 1.54) is 0 Å². The van der Waals surface area contributed by atoms with Crippen molar-refractivity contribution < 1.29 is 18.7 Å². The van der Waals surface area contributed by atoms with Crippen LogP contribution >= 0.6 is 0 Å². The molecular weight excluding hydrogens is 190 g/mol. The minimum absolute atomic E-state index is 0.417. The van der Waals surface area contributed by atoms with E-state index in [1.807, 2.05) is 0 Å². The van der Waals surface area contributed by atoms with Crippen molar-refractivity contribution in [1.29, 1.82) is 0 Å². The van der Waals surface area contributed by atoms with Gasteiger partial charge in [0, 0.05) is 6.42 Å². The average Bonchev–Trinajstić information content (AvgIpc) is 2.15. The first-order valence-electron chi connectivity index (χ1n) is 4.17. The summed E-state index contributed by atoms with van der Waals surface area (Å²) >= 11 is 0. The van der Waals surface area contributed by atoms with Crippen LogP contribution in [0.15, 0.2) is 30.3 Å². The van der Waals surface area contributed by atoms with Gasteiger partial charge < -0.3 is 5.11 Å². The van der Waals surface area contributed by atoms with Crippen molar-refractivity contribution >= 4 is 5.97 Å². The molecule has 0 saturated heterocycles. The van der Waals surface area contributed by atoms with E-state index in [0.29, 0.717) is 5.56 Å². The second kappa shape index (κ2) is 4.69. The summed E-state index contributed by atoms with van der Waals surface area (Å²) in [5, 5.41) is 8.74. The summed E-state index contributed by atoms with van der Waals surface area (Å²) in [4.78, 5) is 10.7. The molecule has 0 aliphatic carbocycles. The molecule has 0 bridgehead atoms. The Bertz CT molecular complexity index is 298. The van der Waals surface area contributed by atoms with Crippen molar-refractivity contribution in [1.82, 2.24) is 0 Å². The maximum Gasteiger partial charge on any atom is 0.311 e. The molecule has 0 saturated carbocycles. The molecule has 4 heteroatoms. The van der Waals surface area contributed by atoms with E-state index in [4.69, 9.17) is 5.11 Å². The maximum absolute atomic E-state index is 12.1. The molecular formula is C10H10F2O2. The predicted molar refractivity (Wildman–Crippen MR) is 47.4 cm³/mol. The summed E-state index contributed by atoms with van der Waals surface area (Å²) in [6.07, 6.45) is -3.24. The molecule has 76 valence electrons. The Labute approximate surface area is 80.2 Å². The van der Waals surface area contributed by atoms with Crippen molar-refractivity contribution in [2.45, 2.75) is 18.8 Å². The summed E-state index contributed by atoms with van der Waals surface area (Å²) in [7, 11) is 0. The van der Waals surface area contributed by atoms with E-state index < -0.39 is 24.7 Å². The zero-order valence-corrected chi connectivity index (χ0v) is 7.36. The van der Waals surface area contributed by atoms with Gasteiger partial charge in [-0.05, 0) is 5.56 Å². The molecule has 0 aromatic heterocycles. The van der Waals surface area contributed by atoms with E-state index in [2.05, 4.69) is 0 Å². The van der Waals surface area contributed by atoms with Crippen molar-refractivity contribution in [3.05, 3.63) is 35.9 Å².